The SMILES string of the molecule is CC(C)C(=O)N1CCO[C@@](Cc2ccccc2-c2cccnc2)(C(=O)N(C)C)C1. The van der Waals surface area contributed by atoms with Crippen molar-refractivity contribution < 1.29 is 14.3 Å². The smallest absolute Gasteiger partial charge is 0.256 e. The lowest BCUT2D eigenvalue weighted by molar-refractivity contribution is -0.173. The molecule has 0 N–H and O–H groups in total. The van der Waals surface area contributed by atoms with Gasteiger partial charge in [0.05, 0.1) is 13.2 Å². The Morgan fingerprint density at radius 2 is 1.97 bits per heavy atom. The van der Waals surface area contributed by atoms with Gasteiger partial charge in [-0.15, -0.1) is 0 Å². The maximum atomic E-state index is 13.3. The molecule has 0 bridgehead atoms. The molecule has 0 aliphatic carbocycles. The zero-order valence-electron chi connectivity index (χ0n) is 17.6. The first-order valence-electron chi connectivity index (χ1n) is 9.97. The Bertz CT molecular complexity index is 867. The first-order valence-corrected chi connectivity index (χ1v) is 9.97. The number of amides is 2. The molecule has 0 saturated carbocycles. The van der Waals surface area contributed by atoms with Gasteiger partial charge in [-0.05, 0) is 17.2 Å². The molecular weight excluding hydrogens is 366 g/mol. The van der Waals surface area contributed by atoms with Gasteiger partial charge in [-0.2, -0.15) is 0 Å². The molecule has 1 aliphatic rings. The number of aromatic nitrogens is 1. The van der Waals surface area contributed by atoms with E-state index in [1.807, 2.05) is 56.4 Å². The van der Waals surface area contributed by atoms with Crippen molar-refractivity contribution in [3.05, 3.63) is 54.4 Å². The summed E-state index contributed by atoms with van der Waals surface area (Å²) in [6.45, 7) is 4.86. The van der Waals surface area contributed by atoms with Crippen LogP contribution in [0.1, 0.15) is 19.4 Å². The fourth-order valence-electron chi connectivity index (χ4n) is 3.84. The fraction of sp³-hybridized carbons (Fsp3) is 0.435. The lowest BCUT2D eigenvalue weighted by Crippen LogP contribution is -2.62. The van der Waals surface area contributed by atoms with Crippen molar-refractivity contribution >= 4 is 11.8 Å². The third-order valence-electron chi connectivity index (χ3n) is 5.25. The number of rotatable bonds is 5. The predicted octanol–water partition coefficient (Wildman–Crippen LogP) is 2.63. The molecule has 1 saturated heterocycles. The quantitative estimate of drug-likeness (QED) is 0.781. The minimum atomic E-state index is -1.11. The van der Waals surface area contributed by atoms with E-state index in [9.17, 15) is 9.59 Å². The normalized spacial score (nSPS) is 19.3. The van der Waals surface area contributed by atoms with Gasteiger partial charge in [0.15, 0.2) is 5.60 Å². The summed E-state index contributed by atoms with van der Waals surface area (Å²) < 4.78 is 6.14. The molecule has 6 nitrogen and oxygen atoms in total. The molecule has 29 heavy (non-hydrogen) atoms. The van der Waals surface area contributed by atoms with Gasteiger partial charge in [0.2, 0.25) is 5.91 Å². The minimum Gasteiger partial charge on any atom is -0.361 e. The molecule has 0 unspecified atom stereocenters. The Hall–Kier alpha value is -2.73. The number of likely N-dealkylation sites (N-methyl/N-ethyl adjacent to an activating group) is 1. The van der Waals surface area contributed by atoms with Crippen LogP contribution in [0.4, 0.5) is 0 Å². The summed E-state index contributed by atoms with van der Waals surface area (Å²) in [6, 6.07) is 11.9. The highest BCUT2D eigenvalue weighted by Gasteiger charge is 2.46. The van der Waals surface area contributed by atoms with Crippen LogP contribution in [-0.4, -0.2) is 66.0 Å². The van der Waals surface area contributed by atoms with E-state index in [0.717, 1.165) is 16.7 Å². The molecule has 1 atom stereocenters. The van der Waals surface area contributed by atoms with Crippen molar-refractivity contribution in [1.29, 1.82) is 0 Å². The third-order valence-corrected chi connectivity index (χ3v) is 5.25. The molecule has 0 spiro atoms. The second-order valence-electron chi connectivity index (χ2n) is 8.03. The zero-order chi connectivity index (χ0) is 21.0. The van der Waals surface area contributed by atoms with E-state index in [1.165, 1.54) is 0 Å². The number of carbonyl (C=O) groups is 2. The van der Waals surface area contributed by atoms with Gasteiger partial charge in [-0.1, -0.05) is 44.2 Å². The van der Waals surface area contributed by atoms with Crippen LogP contribution in [0.15, 0.2) is 48.8 Å². The summed E-state index contributed by atoms with van der Waals surface area (Å²) in [5.41, 5.74) is 1.89. The van der Waals surface area contributed by atoms with Crippen molar-refractivity contribution in [1.82, 2.24) is 14.8 Å². The van der Waals surface area contributed by atoms with E-state index in [-0.39, 0.29) is 24.3 Å². The molecule has 2 amide bonds. The maximum Gasteiger partial charge on any atom is 0.256 e. The first kappa shape index (κ1) is 21.0. The van der Waals surface area contributed by atoms with Crippen LogP contribution >= 0.6 is 0 Å². The number of pyridine rings is 1. The zero-order valence-corrected chi connectivity index (χ0v) is 17.6. The summed E-state index contributed by atoms with van der Waals surface area (Å²) in [6.07, 6.45) is 3.94. The van der Waals surface area contributed by atoms with Gasteiger partial charge in [0.25, 0.3) is 5.91 Å². The highest BCUT2D eigenvalue weighted by atomic mass is 16.5. The standard InChI is InChI=1S/C23H29N3O3/c1-17(2)21(27)26-12-13-29-23(16-26,22(28)25(3)4)14-18-8-5-6-10-20(18)19-9-7-11-24-15-19/h5-11,15,17H,12-14,16H2,1-4H3/t23-/m1/s1. The summed E-state index contributed by atoms with van der Waals surface area (Å²) in [4.78, 5) is 33.5. The Morgan fingerprint density at radius 1 is 1.21 bits per heavy atom. The molecule has 2 heterocycles. The summed E-state index contributed by atoms with van der Waals surface area (Å²) in [5, 5.41) is 0. The predicted molar refractivity (Wildman–Crippen MR) is 112 cm³/mol. The Kier molecular flexibility index (Phi) is 6.33. The highest BCUT2D eigenvalue weighted by Crippen LogP contribution is 2.31. The van der Waals surface area contributed by atoms with Gasteiger partial charge in [0.1, 0.15) is 0 Å². The highest BCUT2D eigenvalue weighted by molar-refractivity contribution is 5.87. The molecule has 154 valence electrons. The molecule has 1 aromatic heterocycles. The molecule has 1 aliphatic heterocycles. The van der Waals surface area contributed by atoms with Crippen molar-refractivity contribution in [2.75, 3.05) is 33.8 Å². The van der Waals surface area contributed by atoms with E-state index >= 15 is 0 Å². The number of ether oxygens (including phenoxy) is 1. The molecule has 3 rings (SSSR count). The van der Waals surface area contributed by atoms with Crippen LogP contribution in [-0.2, 0) is 20.7 Å². The Balaban J connectivity index is 2.00. The maximum absolute atomic E-state index is 13.3. The minimum absolute atomic E-state index is 0.0461. The van der Waals surface area contributed by atoms with Gasteiger partial charge in [-0.25, -0.2) is 0 Å². The summed E-state index contributed by atoms with van der Waals surface area (Å²) in [5.74, 6) is -0.201. The van der Waals surface area contributed by atoms with Crippen molar-refractivity contribution in [2.24, 2.45) is 5.92 Å². The van der Waals surface area contributed by atoms with Crippen LogP contribution in [0, 0.1) is 5.92 Å². The topological polar surface area (TPSA) is 62.7 Å². The van der Waals surface area contributed by atoms with Crippen LogP contribution in [0.25, 0.3) is 11.1 Å². The van der Waals surface area contributed by atoms with E-state index < -0.39 is 5.60 Å². The molecule has 1 aromatic carbocycles. The monoisotopic (exact) mass is 395 g/mol. The average Bonchev–Trinajstić information content (AvgIpc) is 2.73. The van der Waals surface area contributed by atoms with E-state index in [4.69, 9.17) is 4.74 Å². The van der Waals surface area contributed by atoms with Gasteiger partial charge < -0.3 is 14.5 Å². The van der Waals surface area contributed by atoms with E-state index in [2.05, 4.69) is 4.98 Å². The first-order chi connectivity index (χ1) is 13.8. The van der Waals surface area contributed by atoms with Gasteiger partial charge >= 0.3 is 0 Å². The van der Waals surface area contributed by atoms with Crippen molar-refractivity contribution in [3.8, 4) is 11.1 Å². The molecule has 6 heteroatoms. The van der Waals surface area contributed by atoms with Crippen LogP contribution in [0.2, 0.25) is 0 Å². The third kappa shape index (κ3) is 4.48. The molecular formula is C23H29N3O3. The number of morpholine rings is 1. The van der Waals surface area contributed by atoms with Crippen molar-refractivity contribution in [2.45, 2.75) is 25.9 Å². The van der Waals surface area contributed by atoms with Crippen LogP contribution < -0.4 is 0 Å². The number of benzene rings is 1. The number of hydrogen-bond donors (Lipinski definition) is 0. The largest absolute Gasteiger partial charge is 0.361 e. The fourth-order valence-corrected chi connectivity index (χ4v) is 3.84. The van der Waals surface area contributed by atoms with Crippen LogP contribution in [0.5, 0.6) is 0 Å². The number of hydrogen-bond acceptors (Lipinski definition) is 4. The van der Waals surface area contributed by atoms with Gasteiger partial charge in [-0.3, -0.25) is 14.6 Å². The summed E-state index contributed by atoms with van der Waals surface area (Å²) in [7, 11) is 3.45. The summed E-state index contributed by atoms with van der Waals surface area (Å²) >= 11 is 0. The van der Waals surface area contributed by atoms with E-state index in [0.29, 0.717) is 19.6 Å². The van der Waals surface area contributed by atoms with Crippen LogP contribution in [0.3, 0.4) is 0 Å². The second-order valence-corrected chi connectivity index (χ2v) is 8.03. The van der Waals surface area contributed by atoms with Gasteiger partial charge in [0, 0.05) is 50.9 Å². The lowest BCUT2D eigenvalue weighted by atomic mass is 9.87. The Morgan fingerprint density at radius 3 is 2.62 bits per heavy atom. The number of nitrogens with zero attached hydrogens (tertiary/aromatic N) is 3. The molecule has 0 radical (unpaired) electrons. The number of carbonyl (C=O) groups excluding carboxylic acids is 2. The average molecular weight is 396 g/mol. The Labute approximate surface area is 172 Å². The van der Waals surface area contributed by atoms with E-state index in [1.54, 1.807) is 30.1 Å². The van der Waals surface area contributed by atoms with Crippen molar-refractivity contribution in [3.63, 3.8) is 0 Å². The second kappa shape index (κ2) is 8.74. The lowest BCUT2D eigenvalue weighted by Gasteiger charge is -2.43. The molecule has 2 aromatic rings. The molecule has 1 fully saturated rings.